The van der Waals surface area contributed by atoms with Crippen LogP contribution in [0.25, 0.3) is 0 Å². The molecule has 6 heteroatoms. The zero-order valence-electron chi connectivity index (χ0n) is 10.2. The third kappa shape index (κ3) is 2.57. The second kappa shape index (κ2) is 5.61. The molecule has 98 valence electrons. The highest BCUT2D eigenvalue weighted by molar-refractivity contribution is 7.10. The highest BCUT2D eigenvalue weighted by Gasteiger charge is 2.20. The Morgan fingerprint density at radius 1 is 1.50 bits per heavy atom. The number of thiophene rings is 1. The Hall–Kier alpha value is -0.550. The molecule has 0 aliphatic rings. The minimum Gasteiger partial charge on any atom is -0.387 e. The second-order valence-electron chi connectivity index (χ2n) is 4.04. The predicted molar refractivity (Wildman–Crippen MR) is 75.6 cm³/mol. The normalized spacial score (nSPS) is 12.9. The van der Waals surface area contributed by atoms with Crippen LogP contribution in [-0.4, -0.2) is 14.9 Å². The largest absolute Gasteiger partial charge is 0.387 e. The van der Waals surface area contributed by atoms with Crippen molar-refractivity contribution in [1.29, 1.82) is 0 Å². The molecule has 0 fully saturated rings. The van der Waals surface area contributed by atoms with Crippen LogP contribution in [-0.2, 0) is 19.9 Å². The number of aromatic nitrogens is 2. The van der Waals surface area contributed by atoms with Crippen LogP contribution in [0.5, 0.6) is 0 Å². The monoisotopic (exact) mass is 304 g/mol. The smallest absolute Gasteiger partial charge is 0.0952 e. The molecule has 0 spiro atoms. The fourth-order valence-electron chi connectivity index (χ4n) is 1.86. The topological polar surface area (TPSA) is 38.0 Å². The fourth-order valence-corrected chi connectivity index (χ4v) is 3.40. The second-order valence-corrected chi connectivity index (χ2v) is 5.77. The van der Waals surface area contributed by atoms with Crippen molar-refractivity contribution in [1.82, 2.24) is 9.78 Å². The lowest BCUT2D eigenvalue weighted by atomic mass is 10.1. The number of hydrogen-bond donors (Lipinski definition) is 1. The Morgan fingerprint density at radius 2 is 2.22 bits per heavy atom. The van der Waals surface area contributed by atoms with E-state index in [0.29, 0.717) is 16.5 Å². The Balaban J connectivity index is 2.24. The molecule has 0 radical (unpaired) electrons. The number of aryl methyl sites for hydroxylation is 2. The van der Waals surface area contributed by atoms with Crippen molar-refractivity contribution < 1.29 is 5.11 Å². The summed E-state index contributed by atoms with van der Waals surface area (Å²) < 4.78 is 1.73. The summed E-state index contributed by atoms with van der Waals surface area (Å²) in [6.45, 7) is 2.00. The molecule has 18 heavy (non-hydrogen) atoms. The molecular weight excluding hydrogens is 291 g/mol. The van der Waals surface area contributed by atoms with Gasteiger partial charge in [0.05, 0.1) is 32.4 Å². The van der Waals surface area contributed by atoms with E-state index in [1.807, 2.05) is 19.4 Å². The van der Waals surface area contributed by atoms with E-state index in [1.165, 1.54) is 11.3 Å². The van der Waals surface area contributed by atoms with Gasteiger partial charge in [0, 0.05) is 13.5 Å². The maximum absolute atomic E-state index is 10.2. The van der Waals surface area contributed by atoms with Gasteiger partial charge in [0.2, 0.25) is 0 Å². The molecule has 2 heterocycles. The van der Waals surface area contributed by atoms with E-state index in [1.54, 1.807) is 10.7 Å². The van der Waals surface area contributed by atoms with Gasteiger partial charge in [-0.25, -0.2) is 0 Å². The average Bonchev–Trinajstić information content (AvgIpc) is 2.87. The van der Waals surface area contributed by atoms with Gasteiger partial charge < -0.3 is 5.11 Å². The number of aliphatic hydroxyl groups is 1. The summed E-state index contributed by atoms with van der Waals surface area (Å²) in [6, 6.07) is 1.78. The number of halogens is 2. The molecule has 0 saturated carbocycles. The van der Waals surface area contributed by atoms with Gasteiger partial charge in [-0.15, -0.1) is 11.3 Å². The van der Waals surface area contributed by atoms with Crippen LogP contribution < -0.4 is 0 Å². The number of rotatable bonds is 4. The first-order valence-corrected chi connectivity index (χ1v) is 7.29. The Labute approximate surface area is 120 Å². The van der Waals surface area contributed by atoms with Gasteiger partial charge in [-0.1, -0.05) is 30.1 Å². The minimum absolute atomic E-state index is 0.419. The Kier molecular flexibility index (Phi) is 4.33. The van der Waals surface area contributed by atoms with Gasteiger partial charge in [0.25, 0.3) is 0 Å². The lowest BCUT2D eigenvalue weighted by molar-refractivity contribution is 0.179. The molecule has 3 nitrogen and oxygen atoms in total. The van der Waals surface area contributed by atoms with Crippen molar-refractivity contribution in [2.45, 2.75) is 25.9 Å². The molecular formula is C12H14Cl2N2OS. The molecule has 2 aromatic heterocycles. The SMILES string of the molecule is CCc1nn(C)c(CC(O)c2sccc2Cl)c1Cl. The average molecular weight is 305 g/mol. The van der Waals surface area contributed by atoms with Gasteiger partial charge in [-0.2, -0.15) is 5.10 Å². The highest BCUT2D eigenvalue weighted by atomic mass is 35.5. The number of hydrogen-bond acceptors (Lipinski definition) is 3. The summed E-state index contributed by atoms with van der Waals surface area (Å²) in [4.78, 5) is 0.770. The van der Waals surface area contributed by atoms with Gasteiger partial charge in [-0.3, -0.25) is 4.68 Å². The van der Waals surface area contributed by atoms with E-state index >= 15 is 0 Å². The van der Waals surface area contributed by atoms with Crippen LogP contribution in [0.4, 0.5) is 0 Å². The maximum atomic E-state index is 10.2. The van der Waals surface area contributed by atoms with E-state index in [0.717, 1.165) is 22.7 Å². The zero-order chi connectivity index (χ0) is 13.3. The molecule has 2 rings (SSSR count). The lowest BCUT2D eigenvalue weighted by Gasteiger charge is -2.10. The molecule has 2 aromatic rings. The van der Waals surface area contributed by atoms with E-state index in [-0.39, 0.29) is 0 Å². The van der Waals surface area contributed by atoms with Crippen LogP contribution in [0, 0.1) is 0 Å². The molecule has 0 bridgehead atoms. The summed E-state index contributed by atoms with van der Waals surface area (Å²) >= 11 is 13.7. The first-order chi connectivity index (χ1) is 8.54. The predicted octanol–water partition coefficient (Wildman–Crippen LogP) is 3.63. The van der Waals surface area contributed by atoms with Crippen molar-refractivity contribution in [3.8, 4) is 0 Å². The van der Waals surface area contributed by atoms with Crippen LogP contribution in [0.15, 0.2) is 11.4 Å². The third-order valence-corrected chi connectivity index (χ3v) is 4.73. The molecule has 0 amide bonds. The highest BCUT2D eigenvalue weighted by Crippen LogP contribution is 2.32. The first-order valence-electron chi connectivity index (χ1n) is 5.65. The van der Waals surface area contributed by atoms with Gasteiger partial charge in [-0.05, 0) is 17.9 Å². The van der Waals surface area contributed by atoms with Crippen molar-refractivity contribution >= 4 is 34.5 Å². The summed E-state index contributed by atoms with van der Waals surface area (Å²) in [6.07, 6.45) is 0.556. The van der Waals surface area contributed by atoms with Crippen molar-refractivity contribution in [3.05, 3.63) is 37.8 Å². The van der Waals surface area contributed by atoms with Crippen LogP contribution in [0.3, 0.4) is 0 Å². The fraction of sp³-hybridized carbons (Fsp3) is 0.417. The molecule has 0 saturated heterocycles. The van der Waals surface area contributed by atoms with E-state index in [4.69, 9.17) is 23.2 Å². The lowest BCUT2D eigenvalue weighted by Crippen LogP contribution is -2.06. The van der Waals surface area contributed by atoms with E-state index in [9.17, 15) is 5.11 Å². The van der Waals surface area contributed by atoms with Crippen LogP contribution in [0.1, 0.15) is 29.3 Å². The summed E-state index contributed by atoms with van der Waals surface area (Å²) in [7, 11) is 1.84. The van der Waals surface area contributed by atoms with Crippen LogP contribution in [0.2, 0.25) is 10.0 Å². The molecule has 1 unspecified atom stereocenters. The van der Waals surface area contributed by atoms with Crippen molar-refractivity contribution in [3.63, 3.8) is 0 Å². The molecule has 0 aromatic carbocycles. The van der Waals surface area contributed by atoms with Crippen molar-refractivity contribution in [2.24, 2.45) is 7.05 Å². The summed E-state index contributed by atoms with van der Waals surface area (Å²) in [5.41, 5.74) is 1.70. The quantitative estimate of drug-likeness (QED) is 0.936. The summed E-state index contributed by atoms with van der Waals surface area (Å²) in [5, 5.41) is 17.6. The maximum Gasteiger partial charge on any atom is 0.0952 e. The van der Waals surface area contributed by atoms with E-state index < -0.39 is 6.10 Å². The number of nitrogens with zero attached hydrogens (tertiary/aromatic N) is 2. The minimum atomic E-state index is -0.643. The van der Waals surface area contributed by atoms with E-state index in [2.05, 4.69) is 5.10 Å². The third-order valence-electron chi connectivity index (χ3n) is 2.84. The first kappa shape index (κ1) is 13.9. The van der Waals surface area contributed by atoms with Crippen LogP contribution >= 0.6 is 34.5 Å². The molecule has 1 N–H and O–H groups in total. The van der Waals surface area contributed by atoms with Crippen molar-refractivity contribution in [2.75, 3.05) is 0 Å². The van der Waals surface area contributed by atoms with Gasteiger partial charge in [0.15, 0.2) is 0 Å². The molecule has 0 aliphatic heterocycles. The number of aliphatic hydroxyl groups excluding tert-OH is 1. The zero-order valence-corrected chi connectivity index (χ0v) is 12.5. The standard InChI is InChI=1S/C12H14Cl2N2OS/c1-3-8-11(14)9(16(2)15-8)6-10(17)12-7(13)4-5-18-12/h4-5,10,17H,3,6H2,1-2H3. The van der Waals surface area contributed by atoms with Gasteiger partial charge >= 0.3 is 0 Å². The Morgan fingerprint density at radius 3 is 2.72 bits per heavy atom. The summed E-state index contributed by atoms with van der Waals surface area (Å²) in [5.74, 6) is 0. The Bertz CT molecular complexity index is 550. The van der Waals surface area contributed by atoms with Gasteiger partial charge in [0.1, 0.15) is 0 Å². The molecule has 0 aliphatic carbocycles. The molecule has 1 atom stereocenters.